The number of hydrogen-bond acceptors (Lipinski definition) is 8. The molecule has 1 aromatic heterocycles. The number of nitrogens with one attached hydrogen (secondary N) is 2. The van der Waals surface area contributed by atoms with Gasteiger partial charge in [-0.1, -0.05) is 29.9 Å². The molecular weight excluding hydrogens is 450 g/mol. The van der Waals surface area contributed by atoms with Crippen LogP contribution in [0.4, 0.5) is 9.93 Å². The molecule has 1 atom stereocenters. The highest BCUT2D eigenvalue weighted by molar-refractivity contribution is 7.92. The Morgan fingerprint density at radius 2 is 2.03 bits per heavy atom. The van der Waals surface area contributed by atoms with E-state index in [2.05, 4.69) is 20.8 Å². The number of carbonyl (C=O) groups is 1. The average molecular weight is 474 g/mol. The summed E-state index contributed by atoms with van der Waals surface area (Å²) in [7, 11) is -3.39. The zero-order valence-corrected chi connectivity index (χ0v) is 18.8. The first kappa shape index (κ1) is 22.9. The number of aromatic nitrogens is 2. The minimum atomic E-state index is -3.39. The summed E-state index contributed by atoms with van der Waals surface area (Å²) in [5.41, 5.74) is 0. The molecule has 1 fully saturated rings. The summed E-state index contributed by atoms with van der Waals surface area (Å²) in [6.45, 7) is 3.13. The zero-order chi connectivity index (χ0) is 21.7. The number of aliphatic hydroxyl groups is 1. The number of urea groups is 1. The molecule has 164 valence electrons. The number of nitrogens with zero attached hydrogens (tertiary/aromatic N) is 3. The fourth-order valence-electron chi connectivity index (χ4n) is 3.03. The molecule has 0 radical (unpaired) electrons. The first-order valence-electron chi connectivity index (χ1n) is 9.54. The molecule has 1 unspecified atom stereocenters. The van der Waals surface area contributed by atoms with Crippen LogP contribution in [-0.2, 0) is 16.3 Å². The lowest BCUT2D eigenvalue weighted by Gasteiger charge is -2.39. The Balaban J connectivity index is 1.42. The van der Waals surface area contributed by atoms with E-state index < -0.39 is 27.2 Å². The predicted molar refractivity (Wildman–Crippen MR) is 116 cm³/mol. The maximum atomic E-state index is 12.6. The highest BCUT2D eigenvalue weighted by atomic mass is 35.5. The van der Waals surface area contributed by atoms with Gasteiger partial charge in [0.05, 0.1) is 22.8 Å². The number of benzene rings is 1. The van der Waals surface area contributed by atoms with Gasteiger partial charge in [0.2, 0.25) is 5.13 Å². The SMILES string of the molecule is CCc1nnc(NC(=O)NC(CO)CCN2CC(S(=O)(=O)c3ccc(Cl)cc3)C2)s1. The third-order valence-corrected chi connectivity index (χ3v) is 8.18. The second kappa shape index (κ2) is 10.0. The van der Waals surface area contributed by atoms with Gasteiger partial charge >= 0.3 is 6.03 Å². The van der Waals surface area contributed by atoms with Gasteiger partial charge in [-0.2, -0.15) is 0 Å². The Morgan fingerprint density at radius 1 is 1.33 bits per heavy atom. The van der Waals surface area contributed by atoms with Crippen LogP contribution in [0.15, 0.2) is 29.2 Å². The second-order valence-corrected chi connectivity index (χ2v) is 10.7. The van der Waals surface area contributed by atoms with Gasteiger partial charge in [-0.15, -0.1) is 10.2 Å². The molecule has 0 aliphatic carbocycles. The van der Waals surface area contributed by atoms with Crippen LogP contribution < -0.4 is 10.6 Å². The number of aliphatic hydroxyl groups excluding tert-OH is 1. The molecule has 12 heteroatoms. The van der Waals surface area contributed by atoms with Crippen molar-refractivity contribution >= 4 is 43.9 Å². The minimum Gasteiger partial charge on any atom is -0.394 e. The summed E-state index contributed by atoms with van der Waals surface area (Å²) in [6, 6.07) is 5.27. The van der Waals surface area contributed by atoms with Gasteiger partial charge in [-0.25, -0.2) is 13.2 Å². The van der Waals surface area contributed by atoms with Crippen molar-refractivity contribution in [2.45, 2.75) is 36.0 Å². The number of anilines is 1. The summed E-state index contributed by atoms with van der Waals surface area (Å²) >= 11 is 7.12. The lowest BCUT2D eigenvalue weighted by atomic mass is 10.1. The third-order valence-electron chi connectivity index (χ3n) is 4.84. The maximum Gasteiger partial charge on any atom is 0.321 e. The summed E-state index contributed by atoms with van der Waals surface area (Å²) in [6.07, 6.45) is 1.23. The average Bonchev–Trinajstić information content (AvgIpc) is 3.13. The molecule has 9 nitrogen and oxygen atoms in total. The summed E-state index contributed by atoms with van der Waals surface area (Å²) in [4.78, 5) is 14.3. The Morgan fingerprint density at radius 3 is 2.63 bits per heavy atom. The van der Waals surface area contributed by atoms with Gasteiger partial charge in [-0.3, -0.25) is 5.32 Å². The number of likely N-dealkylation sites (tertiary alicyclic amines) is 1. The largest absolute Gasteiger partial charge is 0.394 e. The number of carbonyl (C=O) groups excluding carboxylic acids is 1. The lowest BCUT2D eigenvalue weighted by molar-refractivity contribution is 0.160. The molecule has 2 heterocycles. The molecule has 2 amide bonds. The van der Waals surface area contributed by atoms with Crippen LogP contribution >= 0.6 is 22.9 Å². The lowest BCUT2D eigenvalue weighted by Crippen LogP contribution is -2.55. The zero-order valence-electron chi connectivity index (χ0n) is 16.4. The number of rotatable bonds is 9. The molecule has 2 aromatic rings. The first-order chi connectivity index (χ1) is 14.3. The number of halogens is 1. The van der Waals surface area contributed by atoms with E-state index in [9.17, 15) is 18.3 Å². The highest BCUT2D eigenvalue weighted by Gasteiger charge is 2.38. The van der Waals surface area contributed by atoms with Crippen LogP contribution in [0.2, 0.25) is 5.02 Å². The molecule has 30 heavy (non-hydrogen) atoms. The van der Waals surface area contributed by atoms with E-state index in [0.717, 1.165) is 11.4 Å². The van der Waals surface area contributed by atoms with Crippen molar-refractivity contribution in [2.24, 2.45) is 0 Å². The topological polar surface area (TPSA) is 125 Å². The van der Waals surface area contributed by atoms with E-state index in [-0.39, 0.29) is 11.5 Å². The minimum absolute atomic E-state index is 0.218. The van der Waals surface area contributed by atoms with Crippen LogP contribution in [0.3, 0.4) is 0 Å². The monoisotopic (exact) mass is 473 g/mol. The summed E-state index contributed by atoms with van der Waals surface area (Å²) < 4.78 is 25.2. The van der Waals surface area contributed by atoms with Gasteiger partial charge in [-0.05, 0) is 37.1 Å². The first-order valence-corrected chi connectivity index (χ1v) is 12.3. The molecule has 0 spiro atoms. The van der Waals surface area contributed by atoms with Gasteiger partial charge in [0, 0.05) is 24.7 Å². The van der Waals surface area contributed by atoms with E-state index >= 15 is 0 Å². The fraction of sp³-hybridized carbons (Fsp3) is 0.500. The van der Waals surface area contributed by atoms with E-state index in [1.54, 1.807) is 12.1 Å². The predicted octanol–water partition coefficient (Wildman–Crippen LogP) is 1.78. The molecule has 1 aliphatic heterocycles. The van der Waals surface area contributed by atoms with Gasteiger partial charge in [0.15, 0.2) is 9.84 Å². The molecule has 1 aromatic carbocycles. The van der Waals surface area contributed by atoms with Crippen molar-refractivity contribution in [2.75, 3.05) is 31.6 Å². The Bertz CT molecular complexity index is 961. The van der Waals surface area contributed by atoms with Gasteiger partial charge in [0.1, 0.15) is 5.01 Å². The molecular formula is C18H24ClN5O4S2. The van der Waals surface area contributed by atoms with Crippen LogP contribution in [0.25, 0.3) is 0 Å². The molecule has 3 N–H and O–H groups in total. The van der Waals surface area contributed by atoms with Gasteiger partial charge < -0.3 is 15.3 Å². The van der Waals surface area contributed by atoms with Crippen molar-refractivity contribution in [3.8, 4) is 0 Å². The van der Waals surface area contributed by atoms with Gasteiger partial charge in [0.25, 0.3) is 0 Å². The summed E-state index contributed by atoms with van der Waals surface area (Å²) in [5.74, 6) is 0. The molecule has 1 saturated heterocycles. The van der Waals surface area contributed by atoms with E-state index in [0.29, 0.717) is 36.2 Å². The molecule has 0 saturated carbocycles. The standard InChI is InChI=1S/C18H24ClN5O4S2/c1-2-16-22-23-18(29-16)21-17(26)20-13(11-25)7-8-24-9-15(10-24)30(27,28)14-5-3-12(19)4-6-14/h3-6,13,15,25H,2,7-11H2,1H3,(H2,20,21,23,26). The Labute approximate surface area is 184 Å². The van der Waals surface area contributed by atoms with Crippen molar-refractivity contribution < 1.29 is 18.3 Å². The van der Waals surface area contributed by atoms with Crippen molar-refractivity contribution in [1.82, 2.24) is 20.4 Å². The third kappa shape index (κ3) is 5.67. The summed E-state index contributed by atoms with van der Waals surface area (Å²) in [5, 5.41) is 23.9. The van der Waals surface area contributed by atoms with Crippen molar-refractivity contribution in [1.29, 1.82) is 0 Å². The second-order valence-electron chi connectivity index (χ2n) is 7.00. The van der Waals surface area contributed by atoms with Crippen molar-refractivity contribution in [3.63, 3.8) is 0 Å². The smallest absolute Gasteiger partial charge is 0.321 e. The maximum absolute atomic E-state index is 12.6. The Kier molecular flexibility index (Phi) is 7.64. The molecule has 0 bridgehead atoms. The van der Waals surface area contributed by atoms with E-state index in [4.69, 9.17) is 11.6 Å². The number of amides is 2. The quantitative estimate of drug-likeness (QED) is 0.507. The van der Waals surface area contributed by atoms with E-state index in [1.165, 1.54) is 23.5 Å². The Hall–Kier alpha value is -1.79. The normalized spacial score (nSPS) is 16.1. The van der Waals surface area contributed by atoms with Crippen LogP contribution in [0, 0.1) is 0 Å². The van der Waals surface area contributed by atoms with E-state index in [1.807, 2.05) is 11.8 Å². The number of sulfone groups is 1. The van der Waals surface area contributed by atoms with Crippen LogP contribution in [0.5, 0.6) is 0 Å². The molecule has 1 aliphatic rings. The van der Waals surface area contributed by atoms with Crippen molar-refractivity contribution in [3.05, 3.63) is 34.3 Å². The molecule has 3 rings (SSSR count). The number of hydrogen-bond donors (Lipinski definition) is 3. The van der Waals surface area contributed by atoms with Crippen LogP contribution in [-0.4, -0.2) is 72.2 Å². The highest BCUT2D eigenvalue weighted by Crippen LogP contribution is 2.25. The fourth-order valence-corrected chi connectivity index (χ4v) is 5.55. The number of aryl methyl sites for hydroxylation is 1. The van der Waals surface area contributed by atoms with Crippen LogP contribution in [0.1, 0.15) is 18.4 Å².